The Kier molecular flexibility index (Phi) is 3.77. The first-order valence-electron chi connectivity index (χ1n) is 12.5. The quantitative estimate of drug-likeness (QED) is 0.656. The number of alkyl halides is 1. The molecular formula is C21H24ClF2N5O2. The van der Waals surface area contributed by atoms with E-state index < -0.39 is 41.7 Å². The minimum Gasteiger partial charge on any atom is -0.461 e. The number of halogens is 3. The Bertz CT molecular complexity index is 1200. The van der Waals surface area contributed by atoms with Crippen LogP contribution in [-0.4, -0.2) is 76.5 Å². The number of aromatic nitrogens is 3. The van der Waals surface area contributed by atoms with Gasteiger partial charge >= 0.3 is 6.01 Å². The van der Waals surface area contributed by atoms with E-state index in [-0.39, 0.29) is 54.9 Å². The van der Waals surface area contributed by atoms with Gasteiger partial charge in [-0.15, -0.1) is 0 Å². The Morgan fingerprint density at radius 1 is 1.42 bits per heavy atom. The SMILES string of the molecule is [2H]C1([2H])CCO[C@@H]2C[C@H]2N1c1nc(OC([2H])([2H])[C@@]23CCCN2C[C@H](F)C3)nc2c(F)c(Cl)ncc12. The molecule has 166 valence electrons. The van der Waals surface area contributed by atoms with Gasteiger partial charge in [0, 0.05) is 35.0 Å². The molecule has 0 unspecified atom stereocenters. The molecule has 31 heavy (non-hydrogen) atoms. The number of fused-ring (bicyclic) bond motifs is 3. The molecule has 4 aliphatic rings. The standard InChI is InChI=1S/C21H24ClF2N5O2/c22-18-16(24)17-13(9-25-18)19(29-5-2-6-30-15-7-14(15)29)27-20(26-17)31-11-21-3-1-4-28(21)10-12(23)8-21/h9,12,14-15H,1-8,10-11H2/t12-,14-,15-,21+/m1/s1/i5D2,11D2. The van der Waals surface area contributed by atoms with E-state index >= 15 is 4.39 Å². The minimum atomic E-state index is -2.38. The van der Waals surface area contributed by atoms with E-state index in [1.807, 2.05) is 0 Å². The minimum absolute atomic E-state index is 0.0275. The second-order valence-electron chi connectivity index (χ2n) is 8.53. The van der Waals surface area contributed by atoms with Crippen LogP contribution < -0.4 is 9.64 Å². The van der Waals surface area contributed by atoms with Crippen molar-refractivity contribution in [2.75, 3.05) is 37.7 Å². The van der Waals surface area contributed by atoms with E-state index in [1.165, 1.54) is 11.1 Å². The summed E-state index contributed by atoms with van der Waals surface area (Å²) in [6.45, 7) is -3.36. The molecular weight excluding hydrogens is 428 g/mol. The topological polar surface area (TPSA) is 63.6 Å². The fraction of sp³-hybridized carbons (Fsp3) is 0.667. The predicted octanol–water partition coefficient (Wildman–Crippen LogP) is 3.14. The lowest BCUT2D eigenvalue weighted by atomic mass is 9.95. The lowest BCUT2D eigenvalue weighted by Gasteiger charge is -2.31. The summed E-state index contributed by atoms with van der Waals surface area (Å²) in [5, 5.41) is -0.305. The summed E-state index contributed by atoms with van der Waals surface area (Å²) in [5.74, 6) is -0.912. The number of hydrogen-bond acceptors (Lipinski definition) is 7. The van der Waals surface area contributed by atoms with Crippen LogP contribution in [0.5, 0.6) is 6.01 Å². The third-order valence-corrected chi connectivity index (χ3v) is 6.77. The third kappa shape index (κ3) is 3.32. The third-order valence-electron chi connectivity index (χ3n) is 6.51. The summed E-state index contributed by atoms with van der Waals surface area (Å²) in [4.78, 5) is 15.6. The van der Waals surface area contributed by atoms with Crippen molar-refractivity contribution in [3.63, 3.8) is 0 Å². The van der Waals surface area contributed by atoms with E-state index in [2.05, 4.69) is 15.0 Å². The van der Waals surface area contributed by atoms with Crippen LogP contribution in [0.15, 0.2) is 6.20 Å². The summed E-state index contributed by atoms with van der Waals surface area (Å²) in [6, 6.07) is -0.805. The van der Waals surface area contributed by atoms with Crippen molar-refractivity contribution >= 4 is 28.3 Å². The first kappa shape index (κ1) is 15.9. The molecule has 0 spiro atoms. The van der Waals surface area contributed by atoms with Crippen LogP contribution >= 0.6 is 11.6 Å². The number of pyridine rings is 1. The summed E-state index contributed by atoms with van der Waals surface area (Å²) in [6.07, 6.45) is 1.61. The number of rotatable bonds is 4. The molecule has 2 aromatic rings. The smallest absolute Gasteiger partial charge is 0.319 e. The van der Waals surface area contributed by atoms with Crippen molar-refractivity contribution in [3.8, 4) is 6.01 Å². The molecule has 2 aromatic heterocycles. The van der Waals surface area contributed by atoms with Gasteiger partial charge in [0.25, 0.3) is 0 Å². The van der Waals surface area contributed by atoms with Gasteiger partial charge in [-0.25, -0.2) is 13.8 Å². The van der Waals surface area contributed by atoms with Gasteiger partial charge < -0.3 is 14.4 Å². The zero-order valence-electron chi connectivity index (χ0n) is 20.7. The normalized spacial score (nSPS) is 36.7. The maximum atomic E-state index is 15.1. The Labute approximate surface area is 189 Å². The zero-order valence-corrected chi connectivity index (χ0v) is 17.4. The van der Waals surface area contributed by atoms with E-state index in [1.54, 1.807) is 4.90 Å². The van der Waals surface area contributed by atoms with Crippen LogP contribution in [0.3, 0.4) is 0 Å². The highest BCUT2D eigenvalue weighted by Crippen LogP contribution is 2.42. The molecule has 0 amide bonds. The fourth-order valence-corrected chi connectivity index (χ4v) is 5.10. The molecule has 1 saturated carbocycles. The largest absolute Gasteiger partial charge is 0.461 e. The van der Waals surface area contributed by atoms with Crippen molar-refractivity contribution in [3.05, 3.63) is 17.2 Å². The molecule has 7 nitrogen and oxygen atoms in total. The van der Waals surface area contributed by atoms with Crippen LogP contribution in [0.1, 0.15) is 37.6 Å². The summed E-state index contributed by atoms with van der Waals surface area (Å²) in [5.41, 5.74) is -1.44. The fourth-order valence-electron chi connectivity index (χ4n) is 4.96. The van der Waals surface area contributed by atoms with Crippen LogP contribution in [0.25, 0.3) is 10.9 Å². The van der Waals surface area contributed by atoms with Gasteiger partial charge in [0.1, 0.15) is 24.1 Å². The van der Waals surface area contributed by atoms with E-state index in [0.717, 1.165) is 0 Å². The molecule has 10 heteroatoms. The summed E-state index contributed by atoms with van der Waals surface area (Å²) in [7, 11) is 0. The van der Waals surface area contributed by atoms with Crippen LogP contribution in [-0.2, 0) is 4.74 Å². The zero-order chi connectivity index (χ0) is 24.8. The van der Waals surface area contributed by atoms with Crippen molar-refractivity contribution in [2.45, 2.75) is 56.0 Å². The number of anilines is 1. The predicted molar refractivity (Wildman–Crippen MR) is 111 cm³/mol. The molecule has 4 atom stereocenters. The van der Waals surface area contributed by atoms with Gasteiger partial charge in [0.05, 0.1) is 25.8 Å². The van der Waals surface area contributed by atoms with Crippen molar-refractivity contribution < 1.29 is 23.7 Å². The van der Waals surface area contributed by atoms with Gasteiger partial charge in [-0.3, -0.25) is 4.90 Å². The van der Waals surface area contributed by atoms with Crippen LogP contribution in [0, 0.1) is 5.82 Å². The van der Waals surface area contributed by atoms with Gasteiger partial charge in [0.2, 0.25) is 0 Å². The van der Waals surface area contributed by atoms with Gasteiger partial charge in [-0.2, -0.15) is 9.97 Å². The average Bonchev–Trinajstić information content (AvgIpc) is 3.28. The molecule has 6 rings (SSSR count). The van der Waals surface area contributed by atoms with E-state index in [9.17, 15) is 4.39 Å². The highest BCUT2D eigenvalue weighted by Gasteiger charge is 2.49. The Morgan fingerprint density at radius 3 is 3.23 bits per heavy atom. The molecule has 3 aliphatic heterocycles. The monoisotopic (exact) mass is 455 g/mol. The Hall–Kier alpha value is -1.84. The van der Waals surface area contributed by atoms with Crippen LogP contribution in [0.2, 0.25) is 5.15 Å². The molecule has 3 saturated heterocycles. The Morgan fingerprint density at radius 2 is 2.32 bits per heavy atom. The molecule has 1 aliphatic carbocycles. The first-order chi connectivity index (χ1) is 16.5. The van der Waals surface area contributed by atoms with E-state index in [4.69, 9.17) is 26.6 Å². The number of hydrogen-bond donors (Lipinski definition) is 0. The molecule has 5 heterocycles. The maximum absolute atomic E-state index is 15.1. The molecule has 4 fully saturated rings. The van der Waals surface area contributed by atoms with Gasteiger partial charge in [-0.05, 0) is 32.2 Å². The average molecular weight is 456 g/mol. The highest BCUT2D eigenvalue weighted by molar-refractivity contribution is 6.30. The van der Waals surface area contributed by atoms with Crippen molar-refractivity contribution in [1.29, 1.82) is 0 Å². The second-order valence-corrected chi connectivity index (χ2v) is 8.89. The lowest BCUT2D eigenvalue weighted by Crippen LogP contribution is -2.43. The molecule has 0 N–H and O–H groups in total. The van der Waals surface area contributed by atoms with E-state index in [0.29, 0.717) is 25.8 Å². The van der Waals surface area contributed by atoms with Crippen molar-refractivity contribution in [1.82, 2.24) is 19.9 Å². The molecule has 0 radical (unpaired) electrons. The molecule has 0 bridgehead atoms. The maximum Gasteiger partial charge on any atom is 0.319 e. The van der Waals surface area contributed by atoms with Gasteiger partial charge in [0.15, 0.2) is 11.0 Å². The van der Waals surface area contributed by atoms with Crippen molar-refractivity contribution in [2.24, 2.45) is 0 Å². The summed E-state index contributed by atoms with van der Waals surface area (Å²) >= 11 is 5.90. The Balaban J connectivity index is 1.47. The number of nitrogens with zero attached hydrogens (tertiary/aromatic N) is 5. The lowest BCUT2D eigenvalue weighted by molar-refractivity contribution is 0.107. The van der Waals surface area contributed by atoms with Crippen LogP contribution in [0.4, 0.5) is 14.6 Å². The second kappa shape index (κ2) is 7.35. The first-order valence-corrected chi connectivity index (χ1v) is 10.9. The summed E-state index contributed by atoms with van der Waals surface area (Å²) < 4.78 is 75.6. The number of ether oxygens (including phenoxy) is 2. The highest BCUT2D eigenvalue weighted by atomic mass is 35.5. The van der Waals surface area contributed by atoms with Gasteiger partial charge in [-0.1, -0.05) is 11.6 Å². The molecule has 0 aromatic carbocycles.